The molecule has 17 heavy (non-hydrogen) atoms. The molecule has 1 amide bonds. The monoisotopic (exact) mass is 255 g/mol. The highest BCUT2D eigenvalue weighted by atomic mass is 35.5. The topological polar surface area (TPSA) is 49.3 Å². The van der Waals surface area contributed by atoms with Crippen LogP contribution in [0.5, 0.6) is 0 Å². The molecule has 1 rings (SSSR count). The number of hydrogen-bond donors (Lipinski definition) is 2. The molecular formula is C13H18ClNO2. The van der Waals surface area contributed by atoms with E-state index in [1.807, 2.05) is 18.2 Å². The maximum Gasteiger partial charge on any atom is 0.220 e. The Kier molecular flexibility index (Phi) is 4.97. The average Bonchev–Trinajstić information content (AvgIpc) is 2.26. The molecule has 0 unspecified atom stereocenters. The number of hydrogen-bond acceptors (Lipinski definition) is 2. The fourth-order valence-electron chi connectivity index (χ4n) is 1.43. The molecule has 0 saturated carbocycles. The van der Waals surface area contributed by atoms with Gasteiger partial charge in [0, 0.05) is 11.4 Å². The Morgan fingerprint density at radius 3 is 2.76 bits per heavy atom. The SMILES string of the molecule is CC(C)(CO)NC(=O)CCc1cccc(Cl)c1. The third-order valence-corrected chi connectivity index (χ3v) is 2.64. The second kappa shape index (κ2) is 6.03. The van der Waals surface area contributed by atoms with Crippen molar-refractivity contribution in [3.05, 3.63) is 34.9 Å². The Bertz CT molecular complexity index is 391. The van der Waals surface area contributed by atoms with Gasteiger partial charge in [0.1, 0.15) is 0 Å². The lowest BCUT2D eigenvalue weighted by Crippen LogP contribution is -2.46. The van der Waals surface area contributed by atoms with E-state index < -0.39 is 5.54 Å². The molecule has 0 aliphatic carbocycles. The van der Waals surface area contributed by atoms with Crippen molar-refractivity contribution in [2.75, 3.05) is 6.61 Å². The van der Waals surface area contributed by atoms with Crippen LogP contribution >= 0.6 is 11.6 Å². The summed E-state index contributed by atoms with van der Waals surface area (Å²) < 4.78 is 0. The van der Waals surface area contributed by atoms with Gasteiger partial charge in [-0.1, -0.05) is 23.7 Å². The Morgan fingerprint density at radius 1 is 1.47 bits per heavy atom. The summed E-state index contributed by atoms with van der Waals surface area (Å²) in [6, 6.07) is 7.47. The molecule has 0 aromatic heterocycles. The zero-order chi connectivity index (χ0) is 12.9. The second-order valence-electron chi connectivity index (χ2n) is 4.72. The summed E-state index contributed by atoms with van der Waals surface area (Å²) in [5, 5.41) is 12.5. The van der Waals surface area contributed by atoms with E-state index in [-0.39, 0.29) is 12.5 Å². The van der Waals surface area contributed by atoms with Crippen LogP contribution in [0.15, 0.2) is 24.3 Å². The van der Waals surface area contributed by atoms with Crippen molar-refractivity contribution in [1.29, 1.82) is 0 Å². The zero-order valence-corrected chi connectivity index (χ0v) is 10.9. The van der Waals surface area contributed by atoms with Crippen molar-refractivity contribution in [2.24, 2.45) is 0 Å². The molecule has 1 aromatic carbocycles. The molecule has 0 saturated heterocycles. The Hall–Kier alpha value is -1.06. The zero-order valence-electron chi connectivity index (χ0n) is 10.2. The molecule has 0 spiro atoms. The first kappa shape index (κ1) is 14.0. The summed E-state index contributed by atoms with van der Waals surface area (Å²) in [5.74, 6) is -0.0657. The molecule has 0 heterocycles. The van der Waals surface area contributed by atoms with Gasteiger partial charge in [-0.05, 0) is 38.0 Å². The molecule has 1 aromatic rings. The number of aliphatic hydroxyl groups excluding tert-OH is 1. The second-order valence-corrected chi connectivity index (χ2v) is 5.16. The van der Waals surface area contributed by atoms with Gasteiger partial charge in [-0.3, -0.25) is 4.79 Å². The molecule has 2 N–H and O–H groups in total. The van der Waals surface area contributed by atoms with Crippen molar-refractivity contribution in [3.63, 3.8) is 0 Å². The molecule has 4 heteroatoms. The van der Waals surface area contributed by atoms with Crippen molar-refractivity contribution in [2.45, 2.75) is 32.2 Å². The number of nitrogens with one attached hydrogen (secondary N) is 1. The first-order chi connectivity index (χ1) is 7.93. The Balaban J connectivity index is 2.44. The number of carbonyl (C=O) groups excluding carboxylic acids is 1. The van der Waals surface area contributed by atoms with E-state index in [0.29, 0.717) is 17.9 Å². The summed E-state index contributed by atoms with van der Waals surface area (Å²) >= 11 is 5.86. The molecule has 0 aliphatic heterocycles. The van der Waals surface area contributed by atoms with Crippen LogP contribution in [-0.4, -0.2) is 23.2 Å². The quantitative estimate of drug-likeness (QED) is 0.847. The van der Waals surface area contributed by atoms with Crippen LogP contribution in [-0.2, 0) is 11.2 Å². The smallest absolute Gasteiger partial charge is 0.220 e. The van der Waals surface area contributed by atoms with Gasteiger partial charge in [0.2, 0.25) is 5.91 Å². The van der Waals surface area contributed by atoms with Gasteiger partial charge in [-0.15, -0.1) is 0 Å². The van der Waals surface area contributed by atoms with E-state index in [0.717, 1.165) is 5.56 Å². The molecule has 94 valence electrons. The summed E-state index contributed by atoms with van der Waals surface area (Å²) in [4.78, 5) is 11.6. The Morgan fingerprint density at radius 2 is 2.18 bits per heavy atom. The number of benzene rings is 1. The highest BCUT2D eigenvalue weighted by Gasteiger charge is 2.18. The summed E-state index contributed by atoms with van der Waals surface area (Å²) in [6.07, 6.45) is 1.04. The lowest BCUT2D eigenvalue weighted by atomic mass is 10.1. The molecule has 0 atom stereocenters. The maximum absolute atomic E-state index is 11.6. The summed E-state index contributed by atoms with van der Waals surface area (Å²) in [7, 11) is 0. The Labute approximate surface area is 107 Å². The van der Waals surface area contributed by atoms with Crippen LogP contribution in [0.4, 0.5) is 0 Å². The number of halogens is 1. The number of rotatable bonds is 5. The molecule has 0 aliphatic rings. The van der Waals surface area contributed by atoms with Gasteiger partial charge in [-0.25, -0.2) is 0 Å². The highest BCUT2D eigenvalue weighted by molar-refractivity contribution is 6.30. The molecule has 0 radical (unpaired) electrons. The van der Waals surface area contributed by atoms with Crippen molar-refractivity contribution in [3.8, 4) is 0 Å². The minimum Gasteiger partial charge on any atom is -0.394 e. The minimum atomic E-state index is -0.564. The van der Waals surface area contributed by atoms with E-state index in [2.05, 4.69) is 5.32 Å². The number of carbonyl (C=O) groups is 1. The van der Waals surface area contributed by atoms with E-state index in [1.165, 1.54) is 0 Å². The largest absolute Gasteiger partial charge is 0.394 e. The predicted molar refractivity (Wildman–Crippen MR) is 69.1 cm³/mol. The highest BCUT2D eigenvalue weighted by Crippen LogP contribution is 2.12. The van der Waals surface area contributed by atoms with Gasteiger partial charge in [0.25, 0.3) is 0 Å². The van der Waals surface area contributed by atoms with Crippen molar-refractivity contribution in [1.82, 2.24) is 5.32 Å². The van der Waals surface area contributed by atoms with E-state index in [9.17, 15) is 4.79 Å². The van der Waals surface area contributed by atoms with Gasteiger partial charge in [0.15, 0.2) is 0 Å². The van der Waals surface area contributed by atoms with Crippen molar-refractivity contribution < 1.29 is 9.90 Å². The fraction of sp³-hybridized carbons (Fsp3) is 0.462. The third kappa shape index (κ3) is 5.20. The van der Waals surface area contributed by atoms with Gasteiger partial charge < -0.3 is 10.4 Å². The molecule has 0 fully saturated rings. The maximum atomic E-state index is 11.6. The third-order valence-electron chi connectivity index (χ3n) is 2.40. The minimum absolute atomic E-state index is 0.0657. The van der Waals surface area contributed by atoms with Gasteiger partial charge in [0.05, 0.1) is 12.1 Å². The first-order valence-electron chi connectivity index (χ1n) is 5.59. The number of aliphatic hydroxyl groups is 1. The normalized spacial score (nSPS) is 11.3. The summed E-state index contributed by atoms with van der Waals surface area (Å²) in [5.41, 5.74) is 0.472. The fourth-order valence-corrected chi connectivity index (χ4v) is 1.64. The van der Waals surface area contributed by atoms with Crippen LogP contribution in [0.3, 0.4) is 0 Å². The van der Waals surface area contributed by atoms with Crippen LogP contribution in [0.1, 0.15) is 25.8 Å². The number of amides is 1. The van der Waals surface area contributed by atoms with Crippen LogP contribution in [0.2, 0.25) is 5.02 Å². The van der Waals surface area contributed by atoms with Crippen LogP contribution in [0.25, 0.3) is 0 Å². The van der Waals surface area contributed by atoms with E-state index in [1.54, 1.807) is 19.9 Å². The van der Waals surface area contributed by atoms with Crippen LogP contribution < -0.4 is 5.32 Å². The molecule has 3 nitrogen and oxygen atoms in total. The van der Waals surface area contributed by atoms with E-state index >= 15 is 0 Å². The van der Waals surface area contributed by atoms with Gasteiger partial charge >= 0.3 is 0 Å². The van der Waals surface area contributed by atoms with Gasteiger partial charge in [-0.2, -0.15) is 0 Å². The first-order valence-corrected chi connectivity index (χ1v) is 5.97. The van der Waals surface area contributed by atoms with Crippen molar-refractivity contribution >= 4 is 17.5 Å². The molecular weight excluding hydrogens is 238 g/mol. The lowest BCUT2D eigenvalue weighted by molar-refractivity contribution is -0.123. The van der Waals surface area contributed by atoms with Crippen LogP contribution in [0, 0.1) is 0 Å². The lowest BCUT2D eigenvalue weighted by Gasteiger charge is -2.23. The average molecular weight is 256 g/mol. The summed E-state index contributed by atoms with van der Waals surface area (Å²) in [6.45, 7) is 3.49. The van der Waals surface area contributed by atoms with E-state index in [4.69, 9.17) is 16.7 Å². The molecule has 0 bridgehead atoms. The standard InChI is InChI=1S/C13H18ClNO2/c1-13(2,9-16)15-12(17)7-6-10-4-3-5-11(14)8-10/h3-5,8,16H,6-7,9H2,1-2H3,(H,15,17). The number of aryl methyl sites for hydroxylation is 1. The predicted octanol–water partition coefficient (Wildman–Crippen LogP) is 2.16.